The van der Waals surface area contributed by atoms with Crippen LogP contribution in [0.5, 0.6) is 0 Å². The van der Waals surface area contributed by atoms with Gasteiger partial charge >= 0.3 is 19.5 Å². The van der Waals surface area contributed by atoms with Gasteiger partial charge < -0.3 is 40.4 Å². The number of hydrogen-bond acceptors (Lipinski definition) is 4. The van der Waals surface area contributed by atoms with Gasteiger partial charge in [0.2, 0.25) is 0 Å². The molecule has 0 bridgehead atoms. The van der Waals surface area contributed by atoms with Crippen LogP contribution in [0.4, 0.5) is 0 Å². The molecule has 0 spiro atoms. The Bertz CT molecular complexity index is 27.0. The van der Waals surface area contributed by atoms with Gasteiger partial charge in [-0.3, -0.25) is 0 Å². The summed E-state index contributed by atoms with van der Waals surface area (Å²) in [5.41, 5.74) is 0. The van der Waals surface area contributed by atoms with E-state index in [1.807, 2.05) is 0 Å². The van der Waals surface area contributed by atoms with Crippen molar-refractivity contribution in [2.75, 3.05) is 0 Å². The van der Waals surface area contributed by atoms with Gasteiger partial charge in [-0.1, -0.05) is 0 Å². The monoisotopic (exact) mass is 191 g/mol. The third-order valence-corrected chi connectivity index (χ3v) is 0. The van der Waals surface area contributed by atoms with E-state index in [1.165, 1.54) is 0 Å². The van der Waals surface area contributed by atoms with E-state index in [-0.39, 0.29) is 19.5 Å². The molecule has 0 aromatic heterocycles. The topological polar surface area (TPSA) is 46.1 Å². The predicted molar refractivity (Wildman–Crippen MR) is 21.6 cm³/mol. The van der Waals surface area contributed by atoms with Crippen LogP contribution in [0.15, 0.2) is 0 Å². The Morgan fingerprint density at radius 2 is 1.17 bits per heavy atom. The minimum Gasteiger partial charge on any atom is -0.717 e. The molecule has 2 nitrogen and oxygen atoms in total. The van der Waals surface area contributed by atoms with Gasteiger partial charge in [0.05, 0.1) is 0 Å². The average molecular weight is 192 g/mol. The van der Waals surface area contributed by atoms with Crippen molar-refractivity contribution in [3.63, 3.8) is 0 Å². The summed E-state index contributed by atoms with van der Waals surface area (Å²) in [5.74, 6) is 0. The molecule has 32 valence electrons. The molecule has 0 radical (unpaired) electrons. The van der Waals surface area contributed by atoms with Crippen LogP contribution in [-0.4, -0.2) is 0 Å². The molecule has 0 aliphatic rings. The molecule has 0 rings (SSSR count). The van der Waals surface area contributed by atoms with Gasteiger partial charge in [0.1, 0.15) is 0 Å². The largest absolute Gasteiger partial charge is 2.00 e. The first-order valence-corrected chi connectivity index (χ1v) is 4.38. The summed E-state index contributed by atoms with van der Waals surface area (Å²) in [5, 5.41) is 0. The van der Waals surface area contributed by atoms with Gasteiger partial charge in [0.25, 0.3) is 0 Å². The van der Waals surface area contributed by atoms with Gasteiger partial charge in [0, 0.05) is 0 Å². The van der Waals surface area contributed by atoms with E-state index in [2.05, 4.69) is 24.5 Å². The zero-order valence-corrected chi connectivity index (χ0v) is 8.28. The summed E-state index contributed by atoms with van der Waals surface area (Å²) in [6.45, 7) is 0. The first kappa shape index (κ1) is 10.6. The molecule has 0 unspecified atom stereocenters. The van der Waals surface area contributed by atoms with Crippen molar-refractivity contribution in [3.05, 3.63) is 0 Å². The summed E-state index contributed by atoms with van der Waals surface area (Å²) in [4.78, 5) is 18.6. The second kappa shape index (κ2) is 3.65. The van der Waals surface area contributed by atoms with Crippen molar-refractivity contribution in [1.29, 1.82) is 0 Å². The van der Waals surface area contributed by atoms with Gasteiger partial charge in [-0.2, -0.15) is 0 Å². The van der Waals surface area contributed by atoms with E-state index in [4.69, 9.17) is 0 Å². The molecule has 0 fully saturated rings. The van der Waals surface area contributed by atoms with Gasteiger partial charge in [-0.05, 0) is 0 Å². The van der Waals surface area contributed by atoms with E-state index >= 15 is 0 Å². The van der Waals surface area contributed by atoms with E-state index < -0.39 is 6.12 Å². The number of rotatable bonds is 0. The Kier molecular flexibility index (Phi) is 6.46. The molecule has 0 aliphatic carbocycles. The van der Waals surface area contributed by atoms with Crippen LogP contribution in [-0.2, 0) is 44.0 Å². The fourth-order valence-corrected chi connectivity index (χ4v) is 0. The standard InChI is InChI=1S/H3O2PS2.Zn/c1-3(2,4)5;/h(H3,1,2,4,5);/q;+2/p-3. The quantitative estimate of drug-likeness (QED) is 0.266. The van der Waals surface area contributed by atoms with Gasteiger partial charge in [-0.25, -0.2) is 0 Å². The van der Waals surface area contributed by atoms with Crippen molar-refractivity contribution >= 4 is 30.6 Å². The fraction of sp³-hybridized carbons (Fsp3) is 0. The van der Waals surface area contributed by atoms with Crippen LogP contribution in [0, 0.1) is 0 Å². The van der Waals surface area contributed by atoms with Crippen molar-refractivity contribution < 1.29 is 29.3 Å². The summed E-state index contributed by atoms with van der Waals surface area (Å²) in [6, 6.07) is 0. The zero-order valence-electron chi connectivity index (χ0n) is 2.79. The molecule has 0 amide bonds. The summed E-state index contributed by atoms with van der Waals surface area (Å²) < 4.78 is 0. The Balaban J connectivity index is 0. The molecule has 0 aliphatic heterocycles. The average Bonchev–Trinajstić information content (AvgIpc) is 0.722. The molecular formula is O2PS2Zn-. The van der Waals surface area contributed by atoms with Crippen molar-refractivity contribution in [2.24, 2.45) is 0 Å². The molecule has 0 saturated carbocycles. The minimum absolute atomic E-state index is 0. The SMILES string of the molecule is [O-][P+]([O-])([S-])[S-].[Zn+2]. The summed E-state index contributed by atoms with van der Waals surface area (Å²) >= 11 is 7.28. The van der Waals surface area contributed by atoms with Crippen LogP contribution < -0.4 is 9.79 Å². The summed E-state index contributed by atoms with van der Waals surface area (Å²) in [7, 11) is 0. The third kappa shape index (κ3) is 44.3. The predicted octanol–water partition coefficient (Wildman–Crippen LogP) is -1.52. The molecule has 0 aromatic rings. The Hall–Kier alpha value is 1.67. The number of hydrogen-bond donors (Lipinski definition) is 0. The minimum atomic E-state index is -3.72. The van der Waals surface area contributed by atoms with Gasteiger partial charge in [0.15, 0.2) is 0 Å². The fourth-order valence-electron chi connectivity index (χ4n) is 0. The Morgan fingerprint density at radius 3 is 1.17 bits per heavy atom. The molecule has 0 saturated heterocycles. The van der Waals surface area contributed by atoms with Crippen LogP contribution in [0.1, 0.15) is 0 Å². The second-order valence-corrected chi connectivity index (χ2v) is 4.92. The molecule has 0 heterocycles. The first-order chi connectivity index (χ1) is 2.00. The molecule has 0 N–H and O–H groups in total. The van der Waals surface area contributed by atoms with Crippen LogP contribution >= 0.6 is 6.12 Å². The molecule has 6 heavy (non-hydrogen) atoms. The Morgan fingerprint density at radius 1 is 1.17 bits per heavy atom. The van der Waals surface area contributed by atoms with Crippen molar-refractivity contribution in [2.45, 2.75) is 0 Å². The van der Waals surface area contributed by atoms with Crippen LogP contribution in [0.2, 0.25) is 0 Å². The molecular weight excluding hydrogens is 192 g/mol. The molecule has 0 atom stereocenters. The molecule has 6 heteroatoms. The normalized spacial score (nSPS) is 10.0. The smallest absolute Gasteiger partial charge is 0.717 e. The van der Waals surface area contributed by atoms with Crippen molar-refractivity contribution in [3.8, 4) is 0 Å². The molecule has 0 aromatic carbocycles. The van der Waals surface area contributed by atoms with Crippen molar-refractivity contribution in [1.82, 2.24) is 0 Å². The van der Waals surface area contributed by atoms with Crippen LogP contribution in [0.25, 0.3) is 0 Å². The second-order valence-electron chi connectivity index (χ2n) is 0.447. The third-order valence-electron chi connectivity index (χ3n) is 0. The maximum absolute atomic E-state index is 9.29. The maximum Gasteiger partial charge on any atom is 2.00 e. The van der Waals surface area contributed by atoms with Crippen LogP contribution in [0.3, 0.4) is 0 Å². The van der Waals surface area contributed by atoms with Gasteiger partial charge in [-0.15, -0.1) is 0 Å². The van der Waals surface area contributed by atoms with E-state index in [1.54, 1.807) is 0 Å². The van der Waals surface area contributed by atoms with E-state index in [0.717, 1.165) is 0 Å². The Labute approximate surface area is 59.9 Å². The first-order valence-electron chi connectivity index (χ1n) is 0.730. The summed E-state index contributed by atoms with van der Waals surface area (Å²) in [6.07, 6.45) is -3.72. The van der Waals surface area contributed by atoms with E-state index in [9.17, 15) is 9.79 Å². The van der Waals surface area contributed by atoms with E-state index in [0.29, 0.717) is 0 Å². The maximum atomic E-state index is 9.29. The zero-order chi connectivity index (χ0) is 4.50.